The number of piperidine rings is 1. The third-order valence-electron chi connectivity index (χ3n) is 3.81. The molecule has 8 heteroatoms. The van der Waals surface area contributed by atoms with Crippen LogP contribution in [0, 0.1) is 10.1 Å². The zero-order valence-electron chi connectivity index (χ0n) is 11.7. The average molecular weight is 302 g/mol. The van der Waals surface area contributed by atoms with Crippen LogP contribution in [0.5, 0.6) is 0 Å². The zero-order valence-corrected chi connectivity index (χ0v) is 11.7. The molecule has 1 unspecified atom stereocenters. The van der Waals surface area contributed by atoms with Crippen molar-refractivity contribution in [3.05, 3.63) is 34.5 Å². The van der Waals surface area contributed by atoms with Crippen molar-refractivity contribution in [1.82, 2.24) is 9.97 Å². The molecule has 1 aromatic carbocycles. The largest absolute Gasteiger partial charge is 0.480 e. The number of hydrogen-bond acceptors (Lipinski definition) is 6. The third-order valence-corrected chi connectivity index (χ3v) is 3.81. The van der Waals surface area contributed by atoms with E-state index in [1.807, 2.05) is 0 Å². The van der Waals surface area contributed by atoms with Crippen molar-refractivity contribution in [3.8, 4) is 0 Å². The molecule has 1 N–H and O–H groups in total. The van der Waals surface area contributed by atoms with Gasteiger partial charge in [-0.1, -0.05) is 0 Å². The molecule has 1 saturated heterocycles. The van der Waals surface area contributed by atoms with Crippen molar-refractivity contribution in [3.63, 3.8) is 0 Å². The molecule has 1 aliphatic rings. The van der Waals surface area contributed by atoms with E-state index in [0.29, 0.717) is 29.8 Å². The molecule has 3 rings (SSSR count). The molecule has 2 heterocycles. The van der Waals surface area contributed by atoms with Crippen molar-refractivity contribution in [2.24, 2.45) is 0 Å². The number of carbonyl (C=O) groups is 1. The van der Waals surface area contributed by atoms with Gasteiger partial charge >= 0.3 is 5.97 Å². The fourth-order valence-corrected chi connectivity index (χ4v) is 2.70. The summed E-state index contributed by atoms with van der Waals surface area (Å²) in [6.45, 7) is 0.615. The van der Waals surface area contributed by atoms with Gasteiger partial charge in [-0.2, -0.15) is 0 Å². The lowest BCUT2D eigenvalue weighted by Gasteiger charge is -2.33. The van der Waals surface area contributed by atoms with Gasteiger partial charge in [0.25, 0.3) is 5.69 Å². The number of benzene rings is 1. The molecule has 0 amide bonds. The summed E-state index contributed by atoms with van der Waals surface area (Å²) in [5.41, 5.74) is 0.885. The summed E-state index contributed by atoms with van der Waals surface area (Å²) < 4.78 is 0. The molecule has 0 bridgehead atoms. The average Bonchev–Trinajstić information content (AvgIpc) is 2.53. The summed E-state index contributed by atoms with van der Waals surface area (Å²) in [6, 6.07) is 3.66. The maximum absolute atomic E-state index is 11.4. The lowest BCUT2D eigenvalue weighted by molar-refractivity contribution is -0.384. The summed E-state index contributed by atoms with van der Waals surface area (Å²) in [5.74, 6) is -0.376. The SMILES string of the molecule is O=C(O)C1CCCCN1c1cnc2cc([N+](=O)[O-])ccc2n1. The molecule has 2 aromatic rings. The number of hydrogen-bond donors (Lipinski definition) is 1. The zero-order chi connectivity index (χ0) is 15.7. The number of rotatable bonds is 3. The summed E-state index contributed by atoms with van der Waals surface area (Å²) >= 11 is 0. The van der Waals surface area contributed by atoms with Crippen LogP contribution in [-0.4, -0.2) is 38.6 Å². The first-order valence-corrected chi connectivity index (χ1v) is 6.97. The fraction of sp³-hybridized carbons (Fsp3) is 0.357. The number of carboxylic acid groups (broad SMARTS) is 1. The second-order valence-corrected chi connectivity index (χ2v) is 5.20. The number of anilines is 1. The number of carboxylic acids is 1. The van der Waals surface area contributed by atoms with E-state index in [4.69, 9.17) is 0 Å². The van der Waals surface area contributed by atoms with Crippen molar-refractivity contribution < 1.29 is 14.8 Å². The minimum atomic E-state index is -0.870. The van der Waals surface area contributed by atoms with Gasteiger partial charge in [0.15, 0.2) is 0 Å². The van der Waals surface area contributed by atoms with Gasteiger partial charge in [-0.25, -0.2) is 9.78 Å². The summed E-state index contributed by atoms with van der Waals surface area (Å²) in [5, 5.41) is 20.1. The molecule has 8 nitrogen and oxygen atoms in total. The number of nitrogens with zero attached hydrogens (tertiary/aromatic N) is 4. The predicted octanol–water partition coefficient (Wildman–Crippen LogP) is 1.98. The monoisotopic (exact) mass is 302 g/mol. The molecule has 114 valence electrons. The van der Waals surface area contributed by atoms with E-state index in [0.717, 1.165) is 12.8 Å². The van der Waals surface area contributed by atoms with Crippen molar-refractivity contribution in [1.29, 1.82) is 0 Å². The van der Waals surface area contributed by atoms with Crippen LogP contribution >= 0.6 is 0 Å². The Morgan fingerprint density at radius 1 is 1.36 bits per heavy atom. The van der Waals surface area contributed by atoms with Crippen molar-refractivity contribution in [2.75, 3.05) is 11.4 Å². The van der Waals surface area contributed by atoms with Crippen LogP contribution in [0.2, 0.25) is 0 Å². The van der Waals surface area contributed by atoms with Gasteiger partial charge in [-0.3, -0.25) is 15.1 Å². The van der Waals surface area contributed by atoms with Crippen LogP contribution in [0.25, 0.3) is 11.0 Å². The maximum Gasteiger partial charge on any atom is 0.326 e. The molecular weight excluding hydrogens is 288 g/mol. The normalized spacial score (nSPS) is 18.4. The Morgan fingerprint density at radius 3 is 2.91 bits per heavy atom. The first kappa shape index (κ1) is 14.2. The molecule has 1 fully saturated rings. The lowest BCUT2D eigenvalue weighted by atomic mass is 10.0. The highest BCUT2D eigenvalue weighted by molar-refractivity contribution is 5.81. The number of aromatic nitrogens is 2. The predicted molar refractivity (Wildman–Crippen MR) is 78.8 cm³/mol. The Morgan fingerprint density at radius 2 is 2.18 bits per heavy atom. The van der Waals surface area contributed by atoms with Crippen molar-refractivity contribution in [2.45, 2.75) is 25.3 Å². The van der Waals surface area contributed by atoms with Crippen LogP contribution < -0.4 is 4.90 Å². The standard InChI is InChI=1S/C14H14N4O4/c19-14(20)12-3-1-2-6-17(12)13-8-15-11-7-9(18(21)22)4-5-10(11)16-13/h4-5,7-8,12H,1-3,6H2,(H,19,20). The van der Waals surface area contributed by atoms with E-state index >= 15 is 0 Å². The molecule has 0 aliphatic carbocycles. The van der Waals surface area contributed by atoms with E-state index in [2.05, 4.69) is 9.97 Å². The van der Waals surface area contributed by atoms with Crippen molar-refractivity contribution >= 4 is 28.5 Å². The first-order valence-electron chi connectivity index (χ1n) is 6.97. The van der Waals surface area contributed by atoms with Crippen LogP contribution in [-0.2, 0) is 4.79 Å². The Balaban J connectivity index is 1.99. The lowest BCUT2D eigenvalue weighted by Crippen LogP contribution is -2.45. The maximum atomic E-state index is 11.4. The number of aliphatic carboxylic acids is 1. The Bertz CT molecular complexity index is 749. The van der Waals surface area contributed by atoms with Gasteiger partial charge in [0, 0.05) is 18.7 Å². The third kappa shape index (κ3) is 2.54. The summed E-state index contributed by atoms with van der Waals surface area (Å²) in [4.78, 5) is 32.0. The summed E-state index contributed by atoms with van der Waals surface area (Å²) in [7, 11) is 0. The fourth-order valence-electron chi connectivity index (χ4n) is 2.70. The second kappa shape index (κ2) is 5.55. The molecule has 1 aliphatic heterocycles. The number of nitro groups is 1. The molecular formula is C14H14N4O4. The smallest absolute Gasteiger partial charge is 0.326 e. The number of fused-ring (bicyclic) bond motifs is 1. The van der Waals surface area contributed by atoms with Gasteiger partial charge in [0.1, 0.15) is 11.9 Å². The van der Waals surface area contributed by atoms with Gasteiger partial charge in [0.2, 0.25) is 0 Å². The minimum Gasteiger partial charge on any atom is -0.480 e. The minimum absolute atomic E-state index is 0.0454. The van der Waals surface area contributed by atoms with Crippen LogP contribution in [0.3, 0.4) is 0 Å². The van der Waals surface area contributed by atoms with Gasteiger partial charge in [-0.05, 0) is 25.3 Å². The molecule has 22 heavy (non-hydrogen) atoms. The number of nitro benzene ring substituents is 1. The molecule has 1 aromatic heterocycles. The topological polar surface area (TPSA) is 109 Å². The number of non-ortho nitro benzene ring substituents is 1. The van der Waals surface area contributed by atoms with Gasteiger partial charge in [0.05, 0.1) is 22.2 Å². The Kier molecular flexibility index (Phi) is 3.58. The van der Waals surface area contributed by atoms with E-state index in [-0.39, 0.29) is 5.69 Å². The first-order chi connectivity index (χ1) is 10.6. The van der Waals surface area contributed by atoms with Crippen LogP contribution in [0.4, 0.5) is 11.5 Å². The Hall–Kier alpha value is -2.77. The highest BCUT2D eigenvalue weighted by atomic mass is 16.6. The van der Waals surface area contributed by atoms with E-state index in [9.17, 15) is 20.0 Å². The van der Waals surface area contributed by atoms with E-state index in [1.165, 1.54) is 24.4 Å². The quantitative estimate of drug-likeness (QED) is 0.681. The molecule has 0 saturated carbocycles. The second-order valence-electron chi connectivity index (χ2n) is 5.20. The Labute approximate surface area is 125 Å². The van der Waals surface area contributed by atoms with Crippen LogP contribution in [0.15, 0.2) is 24.4 Å². The van der Waals surface area contributed by atoms with E-state index < -0.39 is 16.9 Å². The van der Waals surface area contributed by atoms with E-state index in [1.54, 1.807) is 4.90 Å². The highest BCUT2D eigenvalue weighted by Crippen LogP contribution is 2.25. The highest BCUT2D eigenvalue weighted by Gasteiger charge is 2.29. The molecule has 0 radical (unpaired) electrons. The van der Waals surface area contributed by atoms with Gasteiger partial charge < -0.3 is 10.0 Å². The summed E-state index contributed by atoms with van der Waals surface area (Å²) in [6.07, 6.45) is 3.84. The molecule has 0 spiro atoms. The van der Waals surface area contributed by atoms with Crippen LogP contribution in [0.1, 0.15) is 19.3 Å². The van der Waals surface area contributed by atoms with Gasteiger partial charge in [-0.15, -0.1) is 0 Å². The molecule has 1 atom stereocenters.